The number of rotatable bonds is 3. The van der Waals surface area contributed by atoms with Gasteiger partial charge in [-0.05, 0) is 42.0 Å². The third-order valence-corrected chi connectivity index (χ3v) is 4.08. The molecule has 0 radical (unpaired) electrons. The fourth-order valence-electron chi connectivity index (χ4n) is 2.55. The van der Waals surface area contributed by atoms with Crippen molar-refractivity contribution in [3.8, 4) is 0 Å². The molecular weight excluding hydrogens is 222 g/mol. The summed E-state index contributed by atoms with van der Waals surface area (Å²) in [6.45, 7) is 5.48. The molecule has 2 rings (SSSR count). The van der Waals surface area contributed by atoms with Crippen LogP contribution in [0.2, 0.25) is 5.22 Å². The molecule has 0 spiro atoms. The van der Waals surface area contributed by atoms with E-state index in [0.717, 1.165) is 24.1 Å². The molecule has 3 heteroatoms. The van der Waals surface area contributed by atoms with E-state index >= 15 is 0 Å². The second-order valence-electron chi connectivity index (χ2n) is 4.96. The molecule has 90 valence electrons. The number of hydrogen-bond donors (Lipinski definition) is 1. The number of hydrogen-bond acceptors (Lipinski definition) is 2. The van der Waals surface area contributed by atoms with Gasteiger partial charge in [0.15, 0.2) is 5.22 Å². The number of furan rings is 1. The Morgan fingerprint density at radius 2 is 2.19 bits per heavy atom. The molecule has 3 unspecified atom stereocenters. The van der Waals surface area contributed by atoms with Crippen LogP contribution in [0.15, 0.2) is 16.5 Å². The van der Waals surface area contributed by atoms with Crippen molar-refractivity contribution in [2.75, 3.05) is 0 Å². The van der Waals surface area contributed by atoms with Crippen LogP contribution in [0.3, 0.4) is 0 Å². The van der Waals surface area contributed by atoms with Gasteiger partial charge in [0.2, 0.25) is 0 Å². The van der Waals surface area contributed by atoms with Gasteiger partial charge in [0.1, 0.15) is 5.76 Å². The Hall–Kier alpha value is -0.470. The van der Waals surface area contributed by atoms with E-state index in [1.165, 1.54) is 19.3 Å². The molecule has 1 saturated carbocycles. The lowest BCUT2D eigenvalue weighted by molar-refractivity contribution is 0.203. The van der Waals surface area contributed by atoms with Gasteiger partial charge in [-0.3, -0.25) is 0 Å². The van der Waals surface area contributed by atoms with Crippen LogP contribution < -0.4 is 5.32 Å². The van der Waals surface area contributed by atoms with Gasteiger partial charge < -0.3 is 9.73 Å². The van der Waals surface area contributed by atoms with E-state index in [1.807, 2.05) is 6.07 Å². The zero-order chi connectivity index (χ0) is 11.5. The number of halogens is 1. The van der Waals surface area contributed by atoms with Crippen LogP contribution >= 0.6 is 11.6 Å². The lowest BCUT2D eigenvalue weighted by Gasteiger charge is -2.34. The Labute approximate surface area is 102 Å². The number of nitrogens with one attached hydrogen (secondary N) is 1. The Bertz CT molecular complexity index is 336. The third kappa shape index (κ3) is 2.80. The van der Waals surface area contributed by atoms with Crippen LogP contribution in [0.4, 0.5) is 0 Å². The highest BCUT2D eigenvalue weighted by Gasteiger charge is 2.26. The maximum atomic E-state index is 5.74. The maximum absolute atomic E-state index is 5.74. The van der Waals surface area contributed by atoms with Gasteiger partial charge in [-0.2, -0.15) is 0 Å². The first kappa shape index (κ1) is 12.0. The van der Waals surface area contributed by atoms with Crippen molar-refractivity contribution in [2.24, 2.45) is 11.8 Å². The predicted molar refractivity (Wildman–Crippen MR) is 66.5 cm³/mol. The monoisotopic (exact) mass is 241 g/mol. The van der Waals surface area contributed by atoms with Crippen LogP contribution in [0.1, 0.15) is 38.9 Å². The van der Waals surface area contributed by atoms with Crippen molar-refractivity contribution in [3.05, 3.63) is 23.1 Å². The molecule has 1 heterocycles. The Kier molecular flexibility index (Phi) is 3.93. The van der Waals surface area contributed by atoms with Gasteiger partial charge in [-0.25, -0.2) is 0 Å². The van der Waals surface area contributed by atoms with E-state index in [-0.39, 0.29) is 0 Å². The molecule has 16 heavy (non-hydrogen) atoms. The molecule has 1 aromatic rings. The van der Waals surface area contributed by atoms with Crippen LogP contribution in [0.5, 0.6) is 0 Å². The summed E-state index contributed by atoms with van der Waals surface area (Å²) >= 11 is 5.74. The van der Waals surface area contributed by atoms with Crippen molar-refractivity contribution in [1.82, 2.24) is 5.32 Å². The van der Waals surface area contributed by atoms with Crippen molar-refractivity contribution in [3.63, 3.8) is 0 Å². The first-order valence-corrected chi connectivity index (χ1v) is 6.52. The summed E-state index contributed by atoms with van der Waals surface area (Å²) < 4.78 is 5.34. The molecule has 0 amide bonds. The van der Waals surface area contributed by atoms with Crippen molar-refractivity contribution < 1.29 is 4.42 Å². The highest BCUT2D eigenvalue weighted by molar-refractivity contribution is 6.28. The maximum Gasteiger partial charge on any atom is 0.193 e. The minimum Gasteiger partial charge on any atom is -0.448 e. The zero-order valence-corrected chi connectivity index (χ0v) is 10.8. The predicted octanol–water partition coefficient (Wildman–Crippen LogP) is 3.85. The van der Waals surface area contributed by atoms with E-state index in [9.17, 15) is 0 Å². The SMILES string of the molecule is CC1CCCC(NCc2ccc(Cl)o2)C1C. The fraction of sp³-hybridized carbons (Fsp3) is 0.692. The van der Waals surface area contributed by atoms with Crippen LogP contribution in [-0.4, -0.2) is 6.04 Å². The average Bonchev–Trinajstić information content (AvgIpc) is 2.67. The third-order valence-electron chi connectivity index (χ3n) is 3.87. The molecule has 1 aromatic heterocycles. The summed E-state index contributed by atoms with van der Waals surface area (Å²) in [5.41, 5.74) is 0. The quantitative estimate of drug-likeness (QED) is 0.870. The average molecular weight is 242 g/mol. The topological polar surface area (TPSA) is 25.2 Å². The minimum absolute atomic E-state index is 0.474. The molecule has 0 aliphatic heterocycles. The minimum atomic E-state index is 0.474. The van der Waals surface area contributed by atoms with Gasteiger partial charge in [0.05, 0.1) is 6.54 Å². The van der Waals surface area contributed by atoms with Gasteiger partial charge in [0, 0.05) is 6.04 Å². The molecule has 0 aromatic carbocycles. The van der Waals surface area contributed by atoms with E-state index in [2.05, 4.69) is 19.2 Å². The van der Waals surface area contributed by atoms with Gasteiger partial charge in [-0.1, -0.05) is 26.7 Å². The van der Waals surface area contributed by atoms with E-state index < -0.39 is 0 Å². The first-order chi connectivity index (χ1) is 7.66. The second kappa shape index (κ2) is 5.24. The summed E-state index contributed by atoms with van der Waals surface area (Å²) in [6, 6.07) is 4.35. The smallest absolute Gasteiger partial charge is 0.193 e. The lowest BCUT2D eigenvalue weighted by atomic mass is 9.78. The summed E-state index contributed by atoms with van der Waals surface area (Å²) in [4.78, 5) is 0. The zero-order valence-electron chi connectivity index (χ0n) is 10.0. The largest absolute Gasteiger partial charge is 0.448 e. The molecule has 3 atom stereocenters. The summed E-state index contributed by atoms with van der Waals surface area (Å²) in [5.74, 6) is 2.50. The molecule has 0 bridgehead atoms. The molecule has 1 aliphatic rings. The second-order valence-corrected chi connectivity index (χ2v) is 5.33. The fourth-order valence-corrected chi connectivity index (χ4v) is 2.71. The van der Waals surface area contributed by atoms with Crippen LogP contribution in [0, 0.1) is 11.8 Å². The Morgan fingerprint density at radius 3 is 2.88 bits per heavy atom. The van der Waals surface area contributed by atoms with Crippen molar-refractivity contribution in [2.45, 2.75) is 45.7 Å². The van der Waals surface area contributed by atoms with E-state index in [1.54, 1.807) is 6.07 Å². The van der Waals surface area contributed by atoms with Gasteiger partial charge >= 0.3 is 0 Å². The first-order valence-electron chi connectivity index (χ1n) is 6.14. The molecule has 1 fully saturated rings. The lowest BCUT2D eigenvalue weighted by Crippen LogP contribution is -2.40. The van der Waals surface area contributed by atoms with Crippen molar-refractivity contribution in [1.29, 1.82) is 0 Å². The van der Waals surface area contributed by atoms with Crippen LogP contribution in [0.25, 0.3) is 0 Å². The highest BCUT2D eigenvalue weighted by atomic mass is 35.5. The Balaban J connectivity index is 1.85. The summed E-state index contributed by atoms with van der Waals surface area (Å²) in [7, 11) is 0. The molecule has 1 aliphatic carbocycles. The van der Waals surface area contributed by atoms with Gasteiger partial charge in [0.25, 0.3) is 0 Å². The van der Waals surface area contributed by atoms with E-state index in [4.69, 9.17) is 16.0 Å². The van der Waals surface area contributed by atoms with Crippen molar-refractivity contribution >= 4 is 11.6 Å². The van der Waals surface area contributed by atoms with E-state index in [0.29, 0.717) is 11.3 Å². The van der Waals surface area contributed by atoms with Gasteiger partial charge in [-0.15, -0.1) is 0 Å². The molecular formula is C13H20ClNO. The summed E-state index contributed by atoms with van der Waals surface area (Å²) in [6.07, 6.45) is 3.98. The molecule has 2 nitrogen and oxygen atoms in total. The standard InChI is InChI=1S/C13H20ClNO/c1-9-4-3-5-12(10(9)2)15-8-11-6-7-13(14)16-11/h6-7,9-10,12,15H,3-5,8H2,1-2H3. The van der Waals surface area contributed by atoms with Crippen LogP contribution in [-0.2, 0) is 6.54 Å². The molecule has 0 saturated heterocycles. The highest BCUT2D eigenvalue weighted by Crippen LogP contribution is 2.29. The summed E-state index contributed by atoms with van der Waals surface area (Å²) in [5, 5.41) is 4.05. The molecule has 1 N–H and O–H groups in total. The normalized spacial score (nSPS) is 30.6. The Morgan fingerprint density at radius 1 is 1.38 bits per heavy atom.